The van der Waals surface area contributed by atoms with Crippen molar-refractivity contribution in [3.05, 3.63) is 70.9 Å². The van der Waals surface area contributed by atoms with Gasteiger partial charge in [0, 0.05) is 23.0 Å². The molecule has 2 aliphatic rings. The summed E-state index contributed by atoms with van der Waals surface area (Å²) in [5, 5.41) is 13.4. The second-order valence-corrected chi connectivity index (χ2v) is 9.47. The summed E-state index contributed by atoms with van der Waals surface area (Å²) in [6.07, 6.45) is 11.5. The van der Waals surface area contributed by atoms with Crippen molar-refractivity contribution in [3.63, 3.8) is 0 Å². The number of alkyl halides is 2. The molecule has 0 saturated carbocycles. The molecule has 1 saturated heterocycles. The molecule has 2 atom stereocenters. The summed E-state index contributed by atoms with van der Waals surface area (Å²) in [5.41, 5.74) is 0.205. The summed E-state index contributed by atoms with van der Waals surface area (Å²) >= 11 is 5.97. The fourth-order valence-electron chi connectivity index (χ4n) is 4.58. The van der Waals surface area contributed by atoms with E-state index in [0.717, 1.165) is 21.9 Å². The van der Waals surface area contributed by atoms with E-state index in [1.807, 2.05) is 48.6 Å². The number of hydrogen-bond donors (Lipinski definition) is 1. The van der Waals surface area contributed by atoms with E-state index in [1.165, 1.54) is 6.20 Å². The molecule has 1 aromatic heterocycles. The second-order valence-electron chi connectivity index (χ2n) is 9.03. The first kappa shape index (κ1) is 25.5. The number of carbonyl (C=O) groups excluding carboxylic acids is 2. The molecule has 186 valence electrons. The van der Waals surface area contributed by atoms with Gasteiger partial charge < -0.3 is 10.2 Å². The van der Waals surface area contributed by atoms with Crippen molar-refractivity contribution in [2.24, 2.45) is 5.92 Å². The molecule has 2 aromatic rings. The maximum Gasteiger partial charge on any atom is 0.268 e. The molecule has 9 heteroatoms. The highest BCUT2D eigenvalue weighted by Gasteiger charge is 2.56. The number of aromatic nitrogens is 1. The molecule has 1 N–H and O–H groups in total. The molecule has 6 nitrogen and oxygen atoms in total. The zero-order valence-electron chi connectivity index (χ0n) is 19.7. The summed E-state index contributed by atoms with van der Waals surface area (Å²) in [4.78, 5) is 30.9. The lowest BCUT2D eigenvalue weighted by Gasteiger charge is -2.30. The number of nitrogens with zero attached hydrogens (tertiary/aromatic N) is 3. The van der Waals surface area contributed by atoms with E-state index in [0.29, 0.717) is 16.5 Å². The third-order valence-corrected chi connectivity index (χ3v) is 6.87. The Hall–Kier alpha value is -3.57. The first-order valence-electron chi connectivity index (χ1n) is 11.6. The minimum atomic E-state index is -3.15. The van der Waals surface area contributed by atoms with Gasteiger partial charge in [0.2, 0.25) is 5.91 Å². The zero-order chi connectivity index (χ0) is 25.9. The lowest BCUT2D eigenvalue weighted by Crippen LogP contribution is -2.49. The predicted molar refractivity (Wildman–Crippen MR) is 134 cm³/mol. The van der Waals surface area contributed by atoms with Gasteiger partial charge in [-0.2, -0.15) is 5.26 Å². The van der Waals surface area contributed by atoms with Gasteiger partial charge in [-0.1, -0.05) is 48.9 Å². The molecular formula is C27H25ClF2N4O2. The fourth-order valence-corrected chi connectivity index (χ4v) is 4.75. The van der Waals surface area contributed by atoms with E-state index in [-0.39, 0.29) is 12.3 Å². The number of fused-ring (bicyclic) bond motifs is 1. The minimum Gasteiger partial charge on any atom is -0.343 e. The number of nitriles is 1. The monoisotopic (exact) mass is 510 g/mol. The average molecular weight is 511 g/mol. The van der Waals surface area contributed by atoms with E-state index in [2.05, 4.69) is 10.3 Å². The summed E-state index contributed by atoms with van der Waals surface area (Å²) in [6, 6.07) is 8.97. The quantitative estimate of drug-likeness (QED) is 0.577. The van der Waals surface area contributed by atoms with Crippen LogP contribution in [-0.2, 0) is 4.79 Å². The van der Waals surface area contributed by atoms with Crippen molar-refractivity contribution in [1.29, 1.82) is 5.26 Å². The third-order valence-electron chi connectivity index (χ3n) is 6.59. The molecule has 2 heterocycles. The van der Waals surface area contributed by atoms with Crippen molar-refractivity contribution < 1.29 is 18.4 Å². The van der Waals surface area contributed by atoms with Crippen LogP contribution in [0.1, 0.15) is 42.1 Å². The Morgan fingerprint density at radius 3 is 2.86 bits per heavy atom. The number of benzene rings is 1. The van der Waals surface area contributed by atoms with E-state index < -0.39 is 42.8 Å². The topological polar surface area (TPSA) is 86.1 Å². The Labute approximate surface area is 212 Å². The predicted octanol–water partition coefficient (Wildman–Crippen LogP) is 5.22. The van der Waals surface area contributed by atoms with Crippen LogP contribution in [0.15, 0.2) is 59.8 Å². The molecule has 4 rings (SSSR count). The molecule has 2 amide bonds. The molecule has 1 aliphatic carbocycles. The Bertz CT molecular complexity index is 1330. The van der Waals surface area contributed by atoms with Crippen LogP contribution >= 0.6 is 11.6 Å². The molecule has 0 bridgehead atoms. The molecule has 0 spiro atoms. The lowest BCUT2D eigenvalue weighted by atomic mass is 9.94. The molecule has 1 aromatic carbocycles. The highest BCUT2D eigenvalue weighted by Crippen LogP contribution is 2.41. The summed E-state index contributed by atoms with van der Waals surface area (Å²) < 4.78 is 28.1. The molecular weight excluding hydrogens is 486 g/mol. The standard InChI is InChI=1S/C27H25ClF2N4O2/c1-2-26(16-31)15-27(29,30)17-34(26)24(35)14-33-25(36)21-11-12-32-23-10-7-19(13-22(21)23)4-3-18-5-8-20(28)9-6-18/h3-5,7-13,18H,2,6,14-15,17H2,1H3,(H,33,36). The van der Waals surface area contributed by atoms with E-state index in [4.69, 9.17) is 11.6 Å². The molecule has 1 fully saturated rings. The number of amides is 2. The first-order chi connectivity index (χ1) is 17.2. The smallest absolute Gasteiger partial charge is 0.268 e. The van der Waals surface area contributed by atoms with Crippen molar-refractivity contribution in [2.45, 2.75) is 37.6 Å². The Kier molecular flexibility index (Phi) is 7.23. The summed E-state index contributed by atoms with van der Waals surface area (Å²) in [7, 11) is 0. The lowest BCUT2D eigenvalue weighted by molar-refractivity contribution is -0.133. The number of carbonyl (C=O) groups is 2. The first-order valence-corrected chi connectivity index (χ1v) is 12.0. The third kappa shape index (κ3) is 5.31. The van der Waals surface area contributed by atoms with Crippen molar-refractivity contribution in [1.82, 2.24) is 15.2 Å². The average Bonchev–Trinajstić information content (AvgIpc) is 3.17. The number of halogens is 3. The van der Waals surface area contributed by atoms with E-state index >= 15 is 0 Å². The van der Waals surface area contributed by atoms with Crippen molar-refractivity contribution in [2.75, 3.05) is 13.1 Å². The minimum absolute atomic E-state index is 0.0735. The van der Waals surface area contributed by atoms with E-state index in [9.17, 15) is 23.6 Å². The van der Waals surface area contributed by atoms with Gasteiger partial charge in [-0.05, 0) is 48.6 Å². The van der Waals surface area contributed by atoms with Gasteiger partial charge in [0.15, 0.2) is 0 Å². The molecule has 1 aliphatic heterocycles. The Morgan fingerprint density at radius 1 is 1.36 bits per heavy atom. The largest absolute Gasteiger partial charge is 0.343 e. The molecule has 0 radical (unpaired) electrons. The van der Waals surface area contributed by atoms with Crippen LogP contribution in [0.2, 0.25) is 0 Å². The van der Waals surface area contributed by atoms with Crippen LogP contribution in [0, 0.1) is 17.2 Å². The van der Waals surface area contributed by atoms with Crippen LogP contribution in [0.4, 0.5) is 8.78 Å². The fraction of sp³-hybridized carbons (Fsp3) is 0.333. The highest BCUT2D eigenvalue weighted by atomic mass is 35.5. The zero-order valence-corrected chi connectivity index (χ0v) is 20.4. The number of nitrogens with one attached hydrogen (secondary N) is 1. The van der Waals surface area contributed by atoms with Crippen LogP contribution in [0.5, 0.6) is 0 Å². The Morgan fingerprint density at radius 2 is 2.17 bits per heavy atom. The summed E-state index contributed by atoms with van der Waals surface area (Å²) in [5.74, 6) is -4.18. The maximum atomic E-state index is 14.0. The van der Waals surface area contributed by atoms with Crippen molar-refractivity contribution in [3.8, 4) is 6.07 Å². The van der Waals surface area contributed by atoms with Gasteiger partial charge in [0.05, 0.1) is 30.2 Å². The number of hydrogen-bond acceptors (Lipinski definition) is 4. The maximum absolute atomic E-state index is 14.0. The van der Waals surface area contributed by atoms with Crippen LogP contribution in [0.25, 0.3) is 17.0 Å². The normalized spacial score (nSPS) is 23.0. The van der Waals surface area contributed by atoms with Gasteiger partial charge >= 0.3 is 0 Å². The van der Waals surface area contributed by atoms with Crippen LogP contribution in [-0.4, -0.2) is 46.2 Å². The second kappa shape index (κ2) is 10.2. The van der Waals surface area contributed by atoms with Gasteiger partial charge in [-0.15, -0.1) is 0 Å². The number of rotatable bonds is 6. The molecule has 36 heavy (non-hydrogen) atoms. The van der Waals surface area contributed by atoms with Gasteiger partial charge in [-0.25, -0.2) is 8.78 Å². The summed E-state index contributed by atoms with van der Waals surface area (Å²) in [6.45, 7) is 0.260. The number of likely N-dealkylation sites (tertiary alicyclic amines) is 1. The number of allylic oxidation sites excluding steroid dienone is 5. The van der Waals surface area contributed by atoms with Gasteiger partial charge in [0.25, 0.3) is 11.8 Å². The van der Waals surface area contributed by atoms with Gasteiger partial charge in [-0.3, -0.25) is 14.6 Å². The van der Waals surface area contributed by atoms with Gasteiger partial charge in [0.1, 0.15) is 5.54 Å². The van der Waals surface area contributed by atoms with Crippen LogP contribution < -0.4 is 5.32 Å². The van der Waals surface area contributed by atoms with E-state index in [1.54, 1.807) is 19.1 Å². The number of pyridine rings is 1. The SMILES string of the molecule is CCC1(C#N)CC(F)(F)CN1C(=O)CNC(=O)c1ccnc2ccc(C=CC3C=CC(Cl)=CC3)cc12. The highest BCUT2D eigenvalue weighted by molar-refractivity contribution is 6.31. The Balaban J connectivity index is 1.49. The molecule has 2 unspecified atom stereocenters. The van der Waals surface area contributed by atoms with Crippen LogP contribution in [0.3, 0.4) is 0 Å². The van der Waals surface area contributed by atoms with Crippen molar-refractivity contribution >= 4 is 40.4 Å².